The molecule has 2 aromatic rings. The van der Waals surface area contributed by atoms with Crippen molar-refractivity contribution in [3.05, 3.63) is 64.7 Å². The maximum atomic E-state index is 12.7. The lowest BCUT2D eigenvalue weighted by Gasteiger charge is -2.35. The van der Waals surface area contributed by atoms with Crippen LogP contribution in [0.1, 0.15) is 40.0 Å². The zero-order valence-electron chi connectivity index (χ0n) is 13.9. The Bertz CT molecular complexity index is 784. The van der Waals surface area contributed by atoms with E-state index >= 15 is 0 Å². The van der Waals surface area contributed by atoms with Crippen molar-refractivity contribution in [2.75, 3.05) is 13.7 Å². The van der Waals surface area contributed by atoms with E-state index in [9.17, 15) is 18.0 Å². The number of fused-ring (bicyclic) bond motifs is 1. The molecule has 1 heterocycles. The Morgan fingerprint density at radius 2 is 1.84 bits per heavy atom. The Morgan fingerprint density at radius 3 is 2.44 bits per heavy atom. The summed E-state index contributed by atoms with van der Waals surface area (Å²) >= 11 is 0. The number of ether oxygens (including phenoxy) is 1. The van der Waals surface area contributed by atoms with Crippen LogP contribution in [-0.2, 0) is 12.6 Å². The zero-order valence-corrected chi connectivity index (χ0v) is 13.9. The van der Waals surface area contributed by atoms with Crippen LogP contribution in [0.2, 0.25) is 0 Å². The van der Waals surface area contributed by atoms with Crippen molar-refractivity contribution in [2.45, 2.75) is 25.6 Å². The molecule has 0 aromatic heterocycles. The summed E-state index contributed by atoms with van der Waals surface area (Å²) in [5.74, 6) is 0.448. The highest BCUT2D eigenvalue weighted by molar-refractivity contribution is 5.94. The first-order chi connectivity index (χ1) is 11.8. The number of benzene rings is 2. The van der Waals surface area contributed by atoms with Gasteiger partial charge in [-0.2, -0.15) is 13.2 Å². The third-order valence-electron chi connectivity index (χ3n) is 4.61. The van der Waals surface area contributed by atoms with Gasteiger partial charge >= 0.3 is 6.18 Å². The van der Waals surface area contributed by atoms with Gasteiger partial charge in [-0.25, -0.2) is 0 Å². The van der Waals surface area contributed by atoms with E-state index in [1.54, 1.807) is 12.0 Å². The molecular weight excluding hydrogens is 331 g/mol. The molecule has 1 aliphatic rings. The zero-order chi connectivity index (χ0) is 18.2. The molecule has 1 aliphatic heterocycles. The topological polar surface area (TPSA) is 29.5 Å². The Morgan fingerprint density at radius 1 is 1.16 bits per heavy atom. The van der Waals surface area contributed by atoms with Crippen LogP contribution in [0.4, 0.5) is 13.2 Å². The first-order valence-electron chi connectivity index (χ1n) is 7.96. The van der Waals surface area contributed by atoms with E-state index in [2.05, 4.69) is 0 Å². The Hall–Kier alpha value is -2.50. The lowest BCUT2D eigenvalue weighted by atomic mass is 9.92. The highest BCUT2D eigenvalue weighted by Gasteiger charge is 2.32. The molecule has 0 spiro atoms. The molecule has 1 amide bonds. The fourth-order valence-electron chi connectivity index (χ4n) is 3.16. The lowest BCUT2D eigenvalue weighted by Crippen LogP contribution is -2.38. The van der Waals surface area contributed by atoms with Gasteiger partial charge in [-0.05, 0) is 60.9 Å². The smallest absolute Gasteiger partial charge is 0.416 e. The standard InChI is InChI=1S/C19H18F3NO2/c1-12-17-11-16(25-2)8-5-13(17)9-10-23(12)18(24)14-3-6-15(7-4-14)19(20,21)22/h3-8,11-12H,9-10H2,1-2H3. The van der Waals surface area contributed by atoms with Gasteiger partial charge in [0.1, 0.15) is 5.75 Å². The summed E-state index contributed by atoms with van der Waals surface area (Å²) in [6.45, 7) is 2.44. The number of carbonyl (C=O) groups excluding carboxylic acids is 1. The largest absolute Gasteiger partial charge is 0.497 e. The van der Waals surface area contributed by atoms with Gasteiger partial charge in [-0.15, -0.1) is 0 Å². The molecule has 0 bridgehead atoms. The molecule has 0 saturated heterocycles. The summed E-state index contributed by atoms with van der Waals surface area (Å²) < 4.78 is 43.2. The van der Waals surface area contributed by atoms with Crippen molar-refractivity contribution in [1.29, 1.82) is 0 Å². The SMILES string of the molecule is COc1ccc2c(c1)C(C)N(C(=O)c1ccc(C(F)(F)F)cc1)CC2. The van der Waals surface area contributed by atoms with Crippen LogP contribution in [0, 0.1) is 0 Å². The maximum Gasteiger partial charge on any atom is 0.416 e. The van der Waals surface area contributed by atoms with Gasteiger partial charge in [0.15, 0.2) is 0 Å². The van der Waals surface area contributed by atoms with Crippen LogP contribution >= 0.6 is 0 Å². The first-order valence-corrected chi connectivity index (χ1v) is 7.96. The number of rotatable bonds is 2. The van der Waals surface area contributed by atoms with E-state index in [1.807, 2.05) is 25.1 Å². The highest BCUT2D eigenvalue weighted by Crippen LogP contribution is 2.34. The number of halogens is 3. The van der Waals surface area contributed by atoms with Crippen molar-refractivity contribution in [3.8, 4) is 5.75 Å². The molecule has 3 nitrogen and oxygen atoms in total. The summed E-state index contributed by atoms with van der Waals surface area (Å²) in [5.41, 5.74) is 1.66. The molecular formula is C19H18F3NO2. The van der Waals surface area contributed by atoms with Crippen molar-refractivity contribution in [1.82, 2.24) is 4.90 Å². The van der Waals surface area contributed by atoms with E-state index in [0.717, 1.165) is 29.0 Å². The number of alkyl halides is 3. The second-order valence-electron chi connectivity index (χ2n) is 6.06. The average molecular weight is 349 g/mol. The summed E-state index contributed by atoms with van der Waals surface area (Å²) in [5, 5.41) is 0. The Labute approximate surface area is 144 Å². The molecule has 0 saturated carbocycles. The molecule has 1 atom stereocenters. The number of hydrogen-bond donors (Lipinski definition) is 0. The minimum atomic E-state index is -4.41. The van der Waals surface area contributed by atoms with E-state index in [4.69, 9.17) is 4.74 Å². The average Bonchev–Trinajstić information content (AvgIpc) is 2.60. The Kier molecular flexibility index (Phi) is 4.45. The van der Waals surface area contributed by atoms with Crippen LogP contribution in [0.15, 0.2) is 42.5 Å². The molecule has 0 N–H and O–H groups in total. The fraction of sp³-hybridized carbons (Fsp3) is 0.316. The number of amides is 1. The molecule has 0 fully saturated rings. The van der Waals surface area contributed by atoms with Crippen molar-refractivity contribution < 1.29 is 22.7 Å². The molecule has 25 heavy (non-hydrogen) atoms. The van der Waals surface area contributed by atoms with Crippen molar-refractivity contribution in [3.63, 3.8) is 0 Å². The normalized spacial score (nSPS) is 17.2. The van der Waals surface area contributed by atoms with Crippen LogP contribution in [0.25, 0.3) is 0 Å². The number of methoxy groups -OCH3 is 1. The minimum absolute atomic E-state index is 0.173. The van der Waals surface area contributed by atoms with Crippen LogP contribution in [0.3, 0.4) is 0 Å². The maximum absolute atomic E-state index is 12.7. The van der Waals surface area contributed by atoms with Gasteiger partial charge in [0.25, 0.3) is 5.91 Å². The minimum Gasteiger partial charge on any atom is -0.497 e. The first kappa shape index (κ1) is 17.3. The van der Waals surface area contributed by atoms with Crippen molar-refractivity contribution in [2.24, 2.45) is 0 Å². The molecule has 132 valence electrons. The van der Waals surface area contributed by atoms with E-state index in [1.165, 1.54) is 12.1 Å². The molecule has 0 aliphatic carbocycles. The monoisotopic (exact) mass is 349 g/mol. The second-order valence-corrected chi connectivity index (χ2v) is 6.06. The van der Waals surface area contributed by atoms with Crippen molar-refractivity contribution >= 4 is 5.91 Å². The molecule has 1 unspecified atom stereocenters. The predicted molar refractivity (Wildman–Crippen MR) is 87.6 cm³/mol. The van der Waals surface area contributed by atoms with Gasteiger partial charge in [-0.1, -0.05) is 6.07 Å². The number of hydrogen-bond acceptors (Lipinski definition) is 2. The van der Waals surface area contributed by atoms with Gasteiger partial charge < -0.3 is 9.64 Å². The molecule has 2 aromatic carbocycles. The predicted octanol–water partition coefficient (Wildman–Crippen LogP) is 4.47. The number of nitrogens with zero attached hydrogens (tertiary/aromatic N) is 1. The quantitative estimate of drug-likeness (QED) is 0.800. The van der Waals surface area contributed by atoms with Crippen LogP contribution < -0.4 is 4.74 Å². The van der Waals surface area contributed by atoms with E-state index < -0.39 is 11.7 Å². The summed E-state index contributed by atoms with van der Waals surface area (Å²) in [6.07, 6.45) is -3.70. The van der Waals surface area contributed by atoms with Crippen LogP contribution in [0.5, 0.6) is 5.75 Å². The summed E-state index contributed by atoms with van der Waals surface area (Å²) in [4.78, 5) is 14.4. The summed E-state index contributed by atoms with van der Waals surface area (Å²) in [7, 11) is 1.58. The van der Waals surface area contributed by atoms with Gasteiger partial charge in [0, 0.05) is 12.1 Å². The van der Waals surface area contributed by atoms with Gasteiger partial charge in [0.2, 0.25) is 0 Å². The second kappa shape index (κ2) is 6.43. The highest BCUT2D eigenvalue weighted by atomic mass is 19.4. The molecule has 6 heteroatoms. The van der Waals surface area contributed by atoms with E-state index in [-0.39, 0.29) is 17.5 Å². The van der Waals surface area contributed by atoms with Gasteiger partial charge in [-0.3, -0.25) is 4.79 Å². The third-order valence-corrected chi connectivity index (χ3v) is 4.61. The fourth-order valence-corrected chi connectivity index (χ4v) is 3.16. The molecule has 0 radical (unpaired) electrons. The number of carbonyl (C=O) groups is 1. The van der Waals surface area contributed by atoms with Crippen LogP contribution in [-0.4, -0.2) is 24.5 Å². The van der Waals surface area contributed by atoms with E-state index in [0.29, 0.717) is 13.0 Å². The third kappa shape index (κ3) is 3.34. The molecule has 3 rings (SSSR count). The summed E-state index contributed by atoms with van der Waals surface area (Å²) in [6, 6.07) is 9.97. The van der Waals surface area contributed by atoms with Gasteiger partial charge in [0.05, 0.1) is 18.7 Å². The lowest BCUT2D eigenvalue weighted by molar-refractivity contribution is -0.137. The Balaban J connectivity index is 1.85.